The minimum atomic E-state index is -0.398. The number of hydrogen-bond donors (Lipinski definition) is 1. The Morgan fingerprint density at radius 3 is 2.67 bits per heavy atom. The van der Waals surface area contributed by atoms with Gasteiger partial charge in [0.15, 0.2) is 0 Å². The number of thiophene rings is 1. The van der Waals surface area contributed by atoms with Crippen molar-refractivity contribution < 1.29 is 9.53 Å². The first kappa shape index (κ1) is 12.8. The summed E-state index contributed by atoms with van der Waals surface area (Å²) in [6, 6.07) is 0. The Morgan fingerprint density at radius 1 is 1.44 bits per heavy atom. The van der Waals surface area contributed by atoms with Crippen molar-refractivity contribution in [1.29, 1.82) is 0 Å². The number of aromatic nitrogens is 1. The first-order chi connectivity index (χ1) is 8.51. The van der Waals surface area contributed by atoms with Crippen LogP contribution >= 0.6 is 11.3 Å². The lowest BCUT2D eigenvalue weighted by Gasteiger charge is -2.08. The van der Waals surface area contributed by atoms with E-state index in [1.54, 1.807) is 0 Å². The van der Waals surface area contributed by atoms with Gasteiger partial charge in [0.05, 0.1) is 12.8 Å². The molecule has 0 aliphatic heterocycles. The second-order valence-electron chi connectivity index (χ2n) is 4.17. The highest BCUT2D eigenvalue weighted by atomic mass is 32.1. The zero-order valence-corrected chi connectivity index (χ0v) is 11.8. The topological polar surface area (TPSA) is 65.2 Å². The zero-order valence-electron chi connectivity index (χ0n) is 11.0. The summed E-state index contributed by atoms with van der Waals surface area (Å²) in [6.45, 7) is 6.10. The van der Waals surface area contributed by atoms with Gasteiger partial charge in [0, 0.05) is 11.1 Å². The summed E-state index contributed by atoms with van der Waals surface area (Å²) >= 11 is 1.29. The molecule has 0 aromatic carbocycles. The number of nitrogens with zero attached hydrogens (tertiary/aromatic N) is 1. The normalized spacial score (nSPS) is 10.9. The number of carbonyl (C=O) groups is 1. The Balaban J connectivity index is 2.81. The number of nitrogen functional groups attached to an aromatic ring is 1. The molecule has 2 aromatic rings. The van der Waals surface area contributed by atoms with Gasteiger partial charge in [-0.3, -0.25) is 0 Å². The fourth-order valence-electron chi connectivity index (χ4n) is 2.28. The third-order valence-electron chi connectivity index (χ3n) is 3.18. The summed E-state index contributed by atoms with van der Waals surface area (Å²) in [4.78, 5) is 17.4. The van der Waals surface area contributed by atoms with Crippen molar-refractivity contribution >= 4 is 33.2 Å². The number of nitrogens with two attached hydrogens (primary N) is 1. The number of methoxy groups -OCH3 is 1. The molecule has 2 heterocycles. The summed E-state index contributed by atoms with van der Waals surface area (Å²) < 4.78 is 4.74. The van der Waals surface area contributed by atoms with Crippen LogP contribution in [-0.4, -0.2) is 18.1 Å². The zero-order chi connectivity index (χ0) is 13.4. The molecule has 0 amide bonds. The van der Waals surface area contributed by atoms with Crippen LogP contribution < -0.4 is 5.73 Å². The molecule has 0 saturated heterocycles. The van der Waals surface area contributed by atoms with Crippen molar-refractivity contribution in [3.05, 3.63) is 21.7 Å². The van der Waals surface area contributed by atoms with E-state index in [1.807, 2.05) is 13.8 Å². The third kappa shape index (κ3) is 1.75. The highest BCUT2D eigenvalue weighted by molar-refractivity contribution is 7.21. The second kappa shape index (κ2) is 4.57. The van der Waals surface area contributed by atoms with Crippen molar-refractivity contribution in [2.45, 2.75) is 27.2 Å². The van der Waals surface area contributed by atoms with Crippen molar-refractivity contribution in [3.63, 3.8) is 0 Å². The maximum atomic E-state index is 11.6. The number of anilines is 1. The molecule has 0 aliphatic carbocycles. The van der Waals surface area contributed by atoms with Crippen LogP contribution in [0.5, 0.6) is 0 Å². The fraction of sp³-hybridized carbons (Fsp3) is 0.385. The van der Waals surface area contributed by atoms with E-state index in [4.69, 9.17) is 10.5 Å². The van der Waals surface area contributed by atoms with Gasteiger partial charge in [-0.15, -0.1) is 11.3 Å². The molecular formula is C13H16N2O2S. The maximum absolute atomic E-state index is 11.6. The van der Waals surface area contributed by atoms with Crippen LogP contribution in [0.4, 0.5) is 5.69 Å². The third-order valence-corrected chi connectivity index (χ3v) is 4.26. The smallest absolute Gasteiger partial charge is 0.350 e. The highest BCUT2D eigenvalue weighted by Gasteiger charge is 2.20. The molecule has 0 fully saturated rings. The van der Waals surface area contributed by atoms with Crippen molar-refractivity contribution in [2.75, 3.05) is 12.8 Å². The van der Waals surface area contributed by atoms with E-state index in [0.29, 0.717) is 10.6 Å². The Morgan fingerprint density at radius 2 is 2.11 bits per heavy atom. The summed E-state index contributed by atoms with van der Waals surface area (Å²) in [5, 5.41) is 0.892. The number of aryl methyl sites for hydroxylation is 2. The van der Waals surface area contributed by atoms with Crippen LogP contribution in [0.25, 0.3) is 10.2 Å². The molecule has 0 aliphatic rings. The van der Waals surface area contributed by atoms with E-state index in [0.717, 1.165) is 27.9 Å². The standard InChI is InChI=1S/C13H16N2O2S/c1-5-8-6(2)9-10(14)11(13(16)17-4)18-12(9)15-7(8)3/h5,14H2,1-4H3. The van der Waals surface area contributed by atoms with E-state index in [1.165, 1.54) is 24.0 Å². The molecule has 18 heavy (non-hydrogen) atoms. The van der Waals surface area contributed by atoms with E-state index >= 15 is 0 Å². The predicted molar refractivity (Wildman–Crippen MR) is 74.2 cm³/mol. The SMILES string of the molecule is CCc1c(C)nc2sc(C(=O)OC)c(N)c2c1C. The molecule has 2 aromatic heterocycles. The van der Waals surface area contributed by atoms with Crippen molar-refractivity contribution in [1.82, 2.24) is 4.98 Å². The summed E-state index contributed by atoms with van der Waals surface area (Å²) in [6.07, 6.45) is 0.906. The molecule has 2 rings (SSSR count). The van der Waals surface area contributed by atoms with Gasteiger partial charge >= 0.3 is 5.97 Å². The van der Waals surface area contributed by atoms with Gasteiger partial charge in [-0.2, -0.15) is 0 Å². The lowest BCUT2D eigenvalue weighted by Crippen LogP contribution is -2.02. The first-order valence-corrected chi connectivity index (χ1v) is 6.59. The van der Waals surface area contributed by atoms with Gasteiger partial charge in [-0.25, -0.2) is 9.78 Å². The molecule has 0 saturated carbocycles. The Labute approximate surface area is 110 Å². The van der Waals surface area contributed by atoms with Gasteiger partial charge in [0.2, 0.25) is 0 Å². The number of pyridine rings is 1. The molecular weight excluding hydrogens is 248 g/mol. The average molecular weight is 264 g/mol. The average Bonchev–Trinajstić information content (AvgIpc) is 2.66. The van der Waals surface area contributed by atoms with E-state index in [2.05, 4.69) is 11.9 Å². The molecule has 2 N–H and O–H groups in total. The summed E-state index contributed by atoms with van der Waals surface area (Å²) in [7, 11) is 1.36. The summed E-state index contributed by atoms with van der Waals surface area (Å²) in [5.74, 6) is -0.398. The van der Waals surface area contributed by atoms with E-state index in [9.17, 15) is 4.79 Å². The van der Waals surface area contributed by atoms with E-state index < -0.39 is 5.97 Å². The molecule has 0 atom stereocenters. The second-order valence-corrected chi connectivity index (χ2v) is 5.17. The molecule has 0 spiro atoms. The van der Waals surface area contributed by atoms with Crippen LogP contribution in [0, 0.1) is 13.8 Å². The van der Waals surface area contributed by atoms with Crippen LogP contribution in [0.3, 0.4) is 0 Å². The minimum absolute atomic E-state index is 0.398. The molecule has 96 valence electrons. The van der Waals surface area contributed by atoms with E-state index in [-0.39, 0.29) is 0 Å². The number of esters is 1. The molecule has 0 radical (unpaired) electrons. The highest BCUT2D eigenvalue weighted by Crippen LogP contribution is 2.37. The van der Waals surface area contributed by atoms with Gasteiger partial charge in [-0.05, 0) is 31.4 Å². The number of hydrogen-bond acceptors (Lipinski definition) is 5. The molecule has 4 nitrogen and oxygen atoms in total. The van der Waals surface area contributed by atoms with Gasteiger partial charge in [-0.1, -0.05) is 6.92 Å². The fourth-order valence-corrected chi connectivity index (χ4v) is 3.40. The van der Waals surface area contributed by atoms with Crippen LogP contribution in [-0.2, 0) is 11.2 Å². The molecule has 5 heteroatoms. The summed E-state index contributed by atoms with van der Waals surface area (Å²) in [5.41, 5.74) is 9.86. The maximum Gasteiger partial charge on any atom is 0.350 e. The van der Waals surface area contributed by atoms with Crippen LogP contribution in [0.2, 0.25) is 0 Å². The number of ether oxygens (including phenoxy) is 1. The number of fused-ring (bicyclic) bond motifs is 1. The number of carbonyl (C=O) groups excluding carboxylic acids is 1. The van der Waals surface area contributed by atoms with Gasteiger partial charge < -0.3 is 10.5 Å². The Bertz CT molecular complexity index is 632. The lowest BCUT2D eigenvalue weighted by atomic mass is 10.0. The lowest BCUT2D eigenvalue weighted by molar-refractivity contribution is 0.0607. The molecule has 0 bridgehead atoms. The van der Waals surface area contributed by atoms with Crippen molar-refractivity contribution in [2.24, 2.45) is 0 Å². The monoisotopic (exact) mass is 264 g/mol. The van der Waals surface area contributed by atoms with Crippen molar-refractivity contribution in [3.8, 4) is 0 Å². The van der Waals surface area contributed by atoms with Gasteiger partial charge in [0.1, 0.15) is 9.71 Å². The first-order valence-electron chi connectivity index (χ1n) is 5.77. The number of rotatable bonds is 2. The predicted octanol–water partition coefficient (Wildman–Crippen LogP) is 2.84. The van der Waals surface area contributed by atoms with Gasteiger partial charge in [0.25, 0.3) is 0 Å². The Hall–Kier alpha value is -1.62. The van der Waals surface area contributed by atoms with Crippen LogP contribution in [0.15, 0.2) is 0 Å². The Kier molecular flexibility index (Phi) is 3.26. The quantitative estimate of drug-likeness (QED) is 0.847. The molecule has 0 unspecified atom stereocenters. The minimum Gasteiger partial charge on any atom is -0.465 e. The van der Waals surface area contributed by atoms with Crippen LogP contribution in [0.1, 0.15) is 33.4 Å². The largest absolute Gasteiger partial charge is 0.465 e.